The monoisotopic (exact) mass is 346 g/mol. The zero-order chi connectivity index (χ0) is 18.0. The van der Waals surface area contributed by atoms with Crippen LogP contribution in [0.3, 0.4) is 0 Å². The average Bonchev–Trinajstić information content (AvgIpc) is 3.36. The fourth-order valence-electron chi connectivity index (χ4n) is 3.42. The molecular weight excluding hydrogens is 324 g/mol. The Morgan fingerprint density at radius 2 is 2.12 bits per heavy atom. The van der Waals surface area contributed by atoms with Crippen LogP contribution in [-0.2, 0) is 14.4 Å². The molecule has 1 aromatic rings. The van der Waals surface area contributed by atoms with Crippen LogP contribution in [0.2, 0.25) is 0 Å². The number of carboxylic acids is 1. The molecule has 1 saturated heterocycles. The SMILES string of the molecule is COc1cccc([C@H]2[C@H](C(=O)NCCC(=O)O)CC(=O)N2C2CC2)c1. The first-order valence-electron chi connectivity index (χ1n) is 8.46. The number of methoxy groups -OCH3 is 1. The van der Waals surface area contributed by atoms with E-state index in [1.54, 1.807) is 7.11 Å². The summed E-state index contributed by atoms with van der Waals surface area (Å²) in [6, 6.07) is 7.29. The summed E-state index contributed by atoms with van der Waals surface area (Å²) in [6.45, 7) is 0.0626. The Morgan fingerprint density at radius 1 is 1.36 bits per heavy atom. The van der Waals surface area contributed by atoms with E-state index in [1.165, 1.54) is 0 Å². The highest BCUT2D eigenvalue weighted by atomic mass is 16.5. The van der Waals surface area contributed by atoms with E-state index in [2.05, 4.69) is 5.32 Å². The van der Waals surface area contributed by atoms with Crippen molar-refractivity contribution in [2.45, 2.75) is 37.8 Å². The molecule has 1 aromatic carbocycles. The third-order valence-corrected chi connectivity index (χ3v) is 4.71. The van der Waals surface area contributed by atoms with Gasteiger partial charge < -0.3 is 20.1 Å². The highest BCUT2D eigenvalue weighted by molar-refractivity contribution is 5.91. The van der Waals surface area contributed by atoms with E-state index in [0.29, 0.717) is 5.75 Å². The fraction of sp³-hybridized carbons (Fsp3) is 0.500. The lowest BCUT2D eigenvalue weighted by atomic mass is 9.92. The average molecular weight is 346 g/mol. The number of amides is 2. The summed E-state index contributed by atoms with van der Waals surface area (Å²) in [5, 5.41) is 11.4. The molecule has 3 rings (SSSR count). The molecule has 0 unspecified atom stereocenters. The minimum absolute atomic E-state index is 0.0197. The van der Waals surface area contributed by atoms with Gasteiger partial charge in [-0.05, 0) is 30.5 Å². The number of benzene rings is 1. The van der Waals surface area contributed by atoms with Crippen molar-refractivity contribution in [3.63, 3.8) is 0 Å². The van der Waals surface area contributed by atoms with Gasteiger partial charge in [-0.2, -0.15) is 0 Å². The number of carbonyl (C=O) groups excluding carboxylic acids is 2. The standard InChI is InChI=1S/C18H22N2O5/c1-25-13-4-2-3-11(9-13)17-14(18(24)19-8-7-16(22)23)10-15(21)20(17)12-5-6-12/h2-4,9,12,14,17H,5-8,10H2,1H3,(H,19,24)(H,22,23)/t14-,17+/m1/s1. The van der Waals surface area contributed by atoms with Crippen molar-refractivity contribution in [3.05, 3.63) is 29.8 Å². The molecule has 1 aliphatic carbocycles. The minimum Gasteiger partial charge on any atom is -0.497 e. The molecule has 1 aliphatic heterocycles. The Hall–Kier alpha value is -2.57. The molecule has 2 N–H and O–H groups in total. The van der Waals surface area contributed by atoms with Crippen molar-refractivity contribution in [2.75, 3.05) is 13.7 Å². The number of likely N-dealkylation sites (tertiary alicyclic amines) is 1. The maximum atomic E-state index is 12.6. The molecule has 7 nitrogen and oxygen atoms in total. The summed E-state index contributed by atoms with van der Waals surface area (Å²) in [7, 11) is 1.58. The van der Waals surface area contributed by atoms with Crippen LogP contribution in [0.25, 0.3) is 0 Å². The number of hydrogen-bond donors (Lipinski definition) is 2. The predicted octanol–water partition coefficient (Wildman–Crippen LogP) is 1.34. The van der Waals surface area contributed by atoms with E-state index in [1.807, 2.05) is 29.2 Å². The van der Waals surface area contributed by atoms with Crippen molar-refractivity contribution >= 4 is 17.8 Å². The largest absolute Gasteiger partial charge is 0.497 e. The normalized spacial score (nSPS) is 22.8. The van der Waals surface area contributed by atoms with Gasteiger partial charge >= 0.3 is 5.97 Å². The van der Waals surface area contributed by atoms with Crippen molar-refractivity contribution in [2.24, 2.45) is 5.92 Å². The Kier molecular flexibility index (Phi) is 4.92. The highest BCUT2D eigenvalue weighted by Crippen LogP contribution is 2.45. The van der Waals surface area contributed by atoms with Gasteiger partial charge in [0.2, 0.25) is 11.8 Å². The molecular formula is C18H22N2O5. The van der Waals surface area contributed by atoms with E-state index in [9.17, 15) is 14.4 Å². The Bertz CT molecular complexity index is 686. The number of aliphatic carboxylic acids is 1. The number of rotatable bonds is 7. The Morgan fingerprint density at radius 3 is 2.76 bits per heavy atom. The third kappa shape index (κ3) is 3.75. The topological polar surface area (TPSA) is 95.9 Å². The van der Waals surface area contributed by atoms with Crippen molar-refractivity contribution in [1.29, 1.82) is 0 Å². The summed E-state index contributed by atoms with van der Waals surface area (Å²) in [6.07, 6.45) is 1.93. The van der Waals surface area contributed by atoms with Crippen LogP contribution in [-0.4, -0.2) is 47.5 Å². The van der Waals surface area contributed by atoms with Crippen molar-refractivity contribution < 1.29 is 24.2 Å². The summed E-state index contributed by atoms with van der Waals surface area (Å²) in [5.41, 5.74) is 0.871. The smallest absolute Gasteiger partial charge is 0.305 e. The zero-order valence-corrected chi connectivity index (χ0v) is 14.1. The fourth-order valence-corrected chi connectivity index (χ4v) is 3.42. The summed E-state index contributed by atoms with van der Waals surface area (Å²) in [5.74, 6) is -1.10. The van der Waals surface area contributed by atoms with Crippen LogP contribution in [0.1, 0.15) is 37.3 Å². The molecule has 2 fully saturated rings. The molecule has 1 heterocycles. The predicted molar refractivity (Wildman–Crippen MR) is 89.0 cm³/mol. The van der Waals surface area contributed by atoms with Gasteiger partial charge in [-0.3, -0.25) is 14.4 Å². The van der Waals surface area contributed by atoms with E-state index in [4.69, 9.17) is 9.84 Å². The van der Waals surface area contributed by atoms with Crippen LogP contribution in [0, 0.1) is 5.92 Å². The number of carboxylic acid groups (broad SMARTS) is 1. The lowest BCUT2D eigenvalue weighted by Gasteiger charge is -2.28. The molecule has 2 atom stereocenters. The summed E-state index contributed by atoms with van der Waals surface area (Å²) >= 11 is 0. The number of carbonyl (C=O) groups is 3. The number of nitrogens with one attached hydrogen (secondary N) is 1. The molecule has 1 saturated carbocycles. The third-order valence-electron chi connectivity index (χ3n) is 4.71. The molecule has 0 bridgehead atoms. The van der Waals surface area contributed by atoms with Gasteiger partial charge in [0.15, 0.2) is 0 Å². The van der Waals surface area contributed by atoms with Gasteiger partial charge in [0.05, 0.1) is 25.5 Å². The first-order chi connectivity index (χ1) is 12.0. The highest BCUT2D eigenvalue weighted by Gasteiger charge is 2.49. The summed E-state index contributed by atoms with van der Waals surface area (Å²) in [4.78, 5) is 37.6. The molecule has 2 aliphatic rings. The van der Waals surface area contributed by atoms with Crippen LogP contribution in [0.4, 0.5) is 0 Å². The zero-order valence-electron chi connectivity index (χ0n) is 14.1. The molecule has 134 valence electrons. The molecule has 7 heteroatoms. The minimum atomic E-state index is -0.966. The van der Waals surface area contributed by atoms with E-state index >= 15 is 0 Å². The van der Waals surface area contributed by atoms with Crippen molar-refractivity contribution in [1.82, 2.24) is 10.2 Å². The number of ether oxygens (including phenoxy) is 1. The Balaban J connectivity index is 1.83. The second-order valence-electron chi connectivity index (χ2n) is 6.50. The number of nitrogens with zero attached hydrogens (tertiary/aromatic N) is 1. The first-order valence-corrected chi connectivity index (χ1v) is 8.46. The van der Waals surface area contributed by atoms with Gasteiger partial charge in [-0.25, -0.2) is 0 Å². The van der Waals surface area contributed by atoms with Gasteiger partial charge in [0, 0.05) is 19.0 Å². The van der Waals surface area contributed by atoms with Gasteiger partial charge in [-0.1, -0.05) is 12.1 Å². The second kappa shape index (κ2) is 7.13. The van der Waals surface area contributed by atoms with E-state index in [0.717, 1.165) is 18.4 Å². The van der Waals surface area contributed by atoms with Crippen LogP contribution < -0.4 is 10.1 Å². The molecule has 0 spiro atoms. The molecule has 25 heavy (non-hydrogen) atoms. The van der Waals surface area contributed by atoms with Crippen LogP contribution >= 0.6 is 0 Å². The quantitative estimate of drug-likeness (QED) is 0.777. The lowest BCUT2D eigenvalue weighted by Crippen LogP contribution is -2.37. The van der Waals surface area contributed by atoms with Crippen LogP contribution in [0.5, 0.6) is 5.75 Å². The van der Waals surface area contributed by atoms with Gasteiger partial charge in [0.25, 0.3) is 0 Å². The van der Waals surface area contributed by atoms with Crippen LogP contribution in [0.15, 0.2) is 24.3 Å². The van der Waals surface area contributed by atoms with Crippen molar-refractivity contribution in [3.8, 4) is 5.75 Å². The van der Waals surface area contributed by atoms with E-state index in [-0.39, 0.29) is 43.3 Å². The van der Waals surface area contributed by atoms with E-state index < -0.39 is 11.9 Å². The molecule has 0 radical (unpaired) electrons. The molecule has 0 aromatic heterocycles. The molecule has 2 amide bonds. The van der Waals surface area contributed by atoms with Gasteiger partial charge in [0.1, 0.15) is 5.75 Å². The Labute approximate surface area is 146 Å². The lowest BCUT2D eigenvalue weighted by molar-refractivity contribution is -0.137. The maximum Gasteiger partial charge on any atom is 0.305 e. The first kappa shape index (κ1) is 17.3. The number of hydrogen-bond acceptors (Lipinski definition) is 4. The maximum absolute atomic E-state index is 12.6. The summed E-state index contributed by atoms with van der Waals surface area (Å²) < 4.78 is 5.27. The van der Waals surface area contributed by atoms with Gasteiger partial charge in [-0.15, -0.1) is 0 Å². The second-order valence-corrected chi connectivity index (χ2v) is 6.50.